The average Bonchev–Trinajstić information content (AvgIpc) is 3.23. The van der Waals surface area contributed by atoms with Gasteiger partial charge in [-0.15, -0.1) is 0 Å². The van der Waals surface area contributed by atoms with Crippen LogP contribution in [0.3, 0.4) is 0 Å². The predicted molar refractivity (Wildman–Crippen MR) is 123 cm³/mol. The summed E-state index contributed by atoms with van der Waals surface area (Å²) < 4.78 is 11.2. The average molecular weight is 415 g/mol. The van der Waals surface area contributed by atoms with E-state index in [1.165, 1.54) is 0 Å². The summed E-state index contributed by atoms with van der Waals surface area (Å²) in [6.07, 6.45) is 1.05. The van der Waals surface area contributed by atoms with Crippen LogP contribution in [-0.4, -0.2) is 29.1 Å². The zero-order chi connectivity index (χ0) is 21.8. The second-order valence-corrected chi connectivity index (χ2v) is 7.33. The maximum atomic E-state index is 12.8. The molecule has 4 rings (SSSR count). The molecule has 1 heterocycles. The lowest BCUT2D eigenvalue weighted by molar-refractivity contribution is 0.102. The first-order valence-electron chi connectivity index (χ1n) is 10.3. The van der Waals surface area contributed by atoms with Crippen molar-refractivity contribution in [2.24, 2.45) is 0 Å². The van der Waals surface area contributed by atoms with Crippen molar-refractivity contribution in [2.75, 3.05) is 12.4 Å². The van der Waals surface area contributed by atoms with Crippen LogP contribution < -0.4 is 14.8 Å². The first-order chi connectivity index (χ1) is 15.1. The molecule has 0 saturated heterocycles. The van der Waals surface area contributed by atoms with Crippen LogP contribution in [0, 0.1) is 0 Å². The summed E-state index contributed by atoms with van der Waals surface area (Å²) >= 11 is 0. The molecule has 0 fully saturated rings. The smallest absolute Gasteiger partial charge is 0.255 e. The lowest BCUT2D eigenvalue weighted by Gasteiger charge is -2.14. The van der Waals surface area contributed by atoms with Crippen molar-refractivity contribution >= 4 is 22.6 Å². The van der Waals surface area contributed by atoms with E-state index in [0.29, 0.717) is 17.0 Å². The standard InChI is InChI=1S/C25H25N3O3/c1-4-16(2)31-19-12-9-17(10-13-19)25(29)28-22-15-18(11-14-23(22)30-3)24-26-20-7-5-6-8-21(20)27-24/h5-16H,4H2,1-3H3,(H,26,27)(H,28,29). The number of aromatic amines is 1. The summed E-state index contributed by atoms with van der Waals surface area (Å²) in [7, 11) is 1.58. The summed E-state index contributed by atoms with van der Waals surface area (Å²) in [6, 6.07) is 20.6. The number of imidazole rings is 1. The Morgan fingerprint density at radius 1 is 1.10 bits per heavy atom. The molecule has 2 N–H and O–H groups in total. The van der Waals surface area contributed by atoms with E-state index in [-0.39, 0.29) is 12.0 Å². The van der Waals surface area contributed by atoms with Crippen LogP contribution in [0.15, 0.2) is 66.7 Å². The van der Waals surface area contributed by atoms with Gasteiger partial charge in [0.15, 0.2) is 0 Å². The van der Waals surface area contributed by atoms with Crippen molar-refractivity contribution < 1.29 is 14.3 Å². The highest BCUT2D eigenvalue weighted by atomic mass is 16.5. The number of nitrogens with one attached hydrogen (secondary N) is 2. The van der Waals surface area contributed by atoms with E-state index in [9.17, 15) is 4.79 Å². The Morgan fingerprint density at radius 2 is 1.87 bits per heavy atom. The third-order valence-electron chi connectivity index (χ3n) is 5.14. The van der Waals surface area contributed by atoms with Crippen LogP contribution in [0.5, 0.6) is 11.5 Å². The minimum Gasteiger partial charge on any atom is -0.495 e. The van der Waals surface area contributed by atoms with Crippen molar-refractivity contribution in [1.29, 1.82) is 0 Å². The van der Waals surface area contributed by atoms with Gasteiger partial charge in [-0.2, -0.15) is 0 Å². The van der Waals surface area contributed by atoms with Gasteiger partial charge in [-0.25, -0.2) is 4.98 Å². The van der Waals surface area contributed by atoms with Crippen LogP contribution in [0.1, 0.15) is 30.6 Å². The minimum absolute atomic E-state index is 0.130. The van der Waals surface area contributed by atoms with E-state index in [2.05, 4.69) is 22.2 Å². The van der Waals surface area contributed by atoms with Gasteiger partial charge in [0.05, 0.1) is 29.9 Å². The van der Waals surface area contributed by atoms with E-state index >= 15 is 0 Å². The van der Waals surface area contributed by atoms with Crippen LogP contribution in [0.2, 0.25) is 0 Å². The molecule has 0 radical (unpaired) electrons. The molecule has 1 aromatic heterocycles. The summed E-state index contributed by atoms with van der Waals surface area (Å²) in [5.74, 6) is 1.82. The van der Waals surface area contributed by atoms with Crippen molar-refractivity contribution in [1.82, 2.24) is 9.97 Å². The van der Waals surface area contributed by atoms with E-state index in [1.807, 2.05) is 61.5 Å². The van der Waals surface area contributed by atoms with Gasteiger partial charge >= 0.3 is 0 Å². The highest BCUT2D eigenvalue weighted by molar-refractivity contribution is 6.05. The zero-order valence-electron chi connectivity index (χ0n) is 17.8. The number of methoxy groups -OCH3 is 1. The number of anilines is 1. The van der Waals surface area contributed by atoms with Gasteiger partial charge in [-0.05, 0) is 67.9 Å². The second kappa shape index (κ2) is 8.92. The molecule has 0 spiro atoms. The monoisotopic (exact) mass is 415 g/mol. The van der Waals surface area contributed by atoms with Gasteiger partial charge in [0.25, 0.3) is 5.91 Å². The SMILES string of the molecule is CCC(C)Oc1ccc(C(=O)Nc2cc(-c3nc4ccccc4[nH]3)ccc2OC)cc1. The predicted octanol–water partition coefficient (Wildman–Crippen LogP) is 5.67. The first kappa shape index (κ1) is 20.5. The van der Waals surface area contributed by atoms with Gasteiger partial charge in [0.2, 0.25) is 0 Å². The van der Waals surface area contributed by atoms with Crippen LogP contribution in [0.4, 0.5) is 5.69 Å². The molecule has 0 saturated carbocycles. The Hall–Kier alpha value is -3.80. The molecule has 0 aliphatic heterocycles. The lowest BCUT2D eigenvalue weighted by Crippen LogP contribution is -2.13. The number of benzene rings is 3. The molecule has 0 bridgehead atoms. The quantitative estimate of drug-likeness (QED) is 0.408. The molecule has 0 aliphatic carbocycles. The van der Waals surface area contributed by atoms with Gasteiger partial charge in [-0.1, -0.05) is 19.1 Å². The van der Waals surface area contributed by atoms with Gasteiger partial charge < -0.3 is 19.8 Å². The van der Waals surface area contributed by atoms with Gasteiger partial charge in [0, 0.05) is 11.1 Å². The molecule has 3 aromatic carbocycles. The fraction of sp³-hybridized carbons (Fsp3) is 0.200. The number of H-pyrrole nitrogens is 1. The van der Waals surface area contributed by atoms with Crippen molar-refractivity contribution in [3.8, 4) is 22.9 Å². The number of amides is 1. The number of ether oxygens (including phenoxy) is 2. The topological polar surface area (TPSA) is 76.2 Å². The molecular weight excluding hydrogens is 390 g/mol. The molecule has 1 unspecified atom stereocenters. The molecule has 31 heavy (non-hydrogen) atoms. The van der Waals surface area contributed by atoms with E-state index < -0.39 is 0 Å². The molecule has 1 amide bonds. The van der Waals surface area contributed by atoms with Gasteiger partial charge in [-0.3, -0.25) is 4.79 Å². The number of rotatable bonds is 7. The molecule has 6 heteroatoms. The molecule has 4 aromatic rings. The zero-order valence-corrected chi connectivity index (χ0v) is 17.8. The molecule has 158 valence electrons. The Kier molecular flexibility index (Phi) is 5.89. The maximum Gasteiger partial charge on any atom is 0.255 e. The largest absolute Gasteiger partial charge is 0.495 e. The van der Waals surface area contributed by atoms with Crippen molar-refractivity contribution in [3.63, 3.8) is 0 Å². The van der Waals surface area contributed by atoms with E-state index in [0.717, 1.165) is 34.6 Å². The summed E-state index contributed by atoms with van der Waals surface area (Å²) in [5.41, 5.74) is 3.81. The Morgan fingerprint density at radius 3 is 2.58 bits per heavy atom. The fourth-order valence-electron chi connectivity index (χ4n) is 3.24. The van der Waals surface area contributed by atoms with E-state index in [4.69, 9.17) is 9.47 Å². The normalized spacial score (nSPS) is 11.8. The highest BCUT2D eigenvalue weighted by Gasteiger charge is 2.13. The highest BCUT2D eigenvalue weighted by Crippen LogP contribution is 2.31. The van der Waals surface area contributed by atoms with Gasteiger partial charge in [0.1, 0.15) is 17.3 Å². The molecular formula is C25H25N3O3. The van der Waals surface area contributed by atoms with Crippen LogP contribution in [0.25, 0.3) is 22.4 Å². The summed E-state index contributed by atoms with van der Waals surface area (Å²) in [4.78, 5) is 20.8. The first-order valence-corrected chi connectivity index (χ1v) is 10.3. The number of nitrogens with zero attached hydrogens (tertiary/aromatic N) is 1. The lowest BCUT2D eigenvalue weighted by atomic mass is 10.1. The number of aromatic nitrogens is 2. The Labute approximate surface area is 181 Å². The summed E-state index contributed by atoms with van der Waals surface area (Å²) in [6.45, 7) is 4.08. The summed E-state index contributed by atoms with van der Waals surface area (Å²) in [5, 5.41) is 2.95. The number of hydrogen-bond acceptors (Lipinski definition) is 4. The van der Waals surface area contributed by atoms with Crippen molar-refractivity contribution in [3.05, 3.63) is 72.3 Å². The third-order valence-corrected chi connectivity index (χ3v) is 5.14. The number of fused-ring (bicyclic) bond motifs is 1. The number of hydrogen-bond donors (Lipinski definition) is 2. The van der Waals surface area contributed by atoms with Crippen LogP contribution in [-0.2, 0) is 0 Å². The van der Waals surface area contributed by atoms with Crippen LogP contribution >= 0.6 is 0 Å². The molecule has 0 aliphatic rings. The number of carbonyl (C=O) groups is 1. The molecule has 6 nitrogen and oxygen atoms in total. The Bertz CT molecular complexity index is 1170. The van der Waals surface area contributed by atoms with Crippen molar-refractivity contribution in [2.45, 2.75) is 26.4 Å². The fourth-order valence-corrected chi connectivity index (χ4v) is 3.24. The van der Waals surface area contributed by atoms with E-state index in [1.54, 1.807) is 19.2 Å². The second-order valence-electron chi connectivity index (χ2n) is 7.33. The maximum absolute atomic E-state index is 12.8. The molecule has 1 atom stereocenters. The number of carbonyl (C=O) groups excluding carboxylic acids is 1. The number of para-hydroxylation sites is 2. The third kappa shape index (κ3) is 4.53. The Balaban J connectivity index is 1.57. The minimum atomic E-state index is -0.227.